The zero-order valence-electron chi connectivity index (χ0n) is 10.3. The minimum Gasteiger partial charge on any atom is -0.326 e. The predicted octanol–water partition coefficient (Wildman–Crippen LogP) is 1.19. The van der Waals surface area contributed by atoms with Gasteiger partial charge >= 0.3 is 0 Å². The van der Waals surface area contributed by atoms with Crippen molar-refractivity contribution in [1.29, 1.82) is 0 Å². The van der Waals surface area contributed by atoms with E-state index in [1.54, 1.807) is 45.0 Å². The van der Waals surface area contributed by atoms with Gasteiger partial charge in [0.05, 0.1) is 0 Å². The van der Waals surface area contributed by atoms with Crippen LogP contribution in [0.3, 0.4) is 0 Å². The number of hydrogen-bond donors (Lipinski definition) is 3. The molecule has 4 N–H and O–H groups in total. The van der Waals surface area contributed by atoms with Crippen molar-refractivity contribution in [2.24, 2.45) is 5.73 Å². The maximum Gasteiger partial charge on any atom is 0.299 e. The molecule has 0 spiro atoms. The molecule has 1 aromatic carbocycles. The molecule has 17 heavy (non-hydrogen) atoms. The van der Waals surface area contributed by atoms with E-state index in [-0.39, 0.29) is 0 Å². The van der Waals surface area contributed by atoms with E-state index in [1.807, 2.05) is 0 Å². The van der Waals surface area contributed by atoms with Gasteiger partial charge in [-0.1, -0.05) is 12.1 Å². The summed E-state index contributed by atoms with van der Waals surface area (Å²) in [6.45, 7) is 5.78. The third-order valence-corrected chi connectivity index (χ3v) is 3.27. The summed E-state index contributed by atoms with van der Waals surface area (Å²) in [6.07, 6.45) is 0. The zero-order valence-corrected chi connectivity index (χ0v) is 11.1. The van der Waals surface area contributed by atoms with Crippen LogP contribution >= 0.6 is 0 Å². The molecule has 0 saturated carbocycles. The maximum atomic E-state index is 11.7. The van der Waals surface area contributed by atoms with Gasteiger partial charge in [0.2, 0.25) is 0 Å². The Hall–Kier alpha value is -1.11. The van der Waals surface area contributed by atoms with Gasteiger partial charge in [0.25, 0.3) is 10.2 Å². The summed E-state index contributed by atoms with van der Waals surface area (Å²) in [5.74, 6) is 0. The van der Waals surface area contributed by atoms with E-state index >= 15 is 0 Å². The molecule has 0 fully saturated rings. The normalized spacial score (nSPS) is 12.5. The van der Waals surface area contributed by atoms with Crippen molar-refractivity contribution in [2.45, 2.75) is 32.9 Å². The second-order valence-corrected chi connectivity index (χ2v) is 6.27. The summed E-state index contributed by atoms with van der Waals surface area (Å²) in [4.78, 5) is 0. The number of nitrogens with one attached hydrogen (secondary N) is 2. The van der Waals surface area contributed by atoms with E-state index in [4.69, 9.17) is 5.73 Å². The Kier molecular flexibility index (Phi) is 4.13. The van der Waals surface area contributed by atoms with Gasteiger partial charge in [0, 0.05) is 17.8 Å². The Balaban J connectivity index is 2.76. The Morgan fingerprint density at radius 3 is 2.12 bits per heavy atom. The Bertz CT molecular complexity index is 460. The second-order valence-electron chi connectivity index (χ2n) is 4.86. The summed E-state index contributed by atoms with van der Waals surface area (Å²) < 4.78 is 28.4. The minimum absolute atomic E-state index is 0.438. The van der Waals surface area contributed by atoms with Gasteiger partial charge in [-0.2, -0.15) is 13.1 Å². The van der Waals surface area contributed by atoms with Gasteiger partial charge in [-0.3, -0.25) is 4.72 Å². The minimum atomic E-state index is -3.54. The molecule has 0 aliphatic carbocycles. The predicted molar refractivity (Wildman–Crippen MR) is 69.8 cm³/mol. The van der Waals surface area contributed by atoms with Crippen LogP contribution in [0.2, 0.25) is 0 Å². The van der Waals surface area contributed by atoms with Crippen LogP contribution in [0.4, 0.5) is 5.69 Å². The SMILES string of the molecule is CC(C)(C)NS(=O)(=O)Nc1ccc(CN)cc1. The van der Waals surface area contributed by atoms with Crippen LogP contribution < -0.4 is 15.2 Å². The third-order valence-electron chi connectivity index (χ3n) is 1.88. The first-order chi connectivity index (χ1) is 7.72. The van der Waals surface area contributed by atoms with Crippen LogP contribution in [0.1, 0.15) is 26.3 Å². The molecule has 0 bridgehead atoms. The van der Waals surface area contributed by atoms with Crippen LogP contribution in [-0.4, -0.2) is 14.0 Å². The van der Waals surface area contributed by atoms with Crippen LogP contribution in [0.15, 0.2) is 24.3 Å². The first kappa shape index (κ1) is 14.0. The molecule has 96 valence electrons. The van der Waals surface area contributed by atoms with Crippen LogP contribution in [0.25, 0.3) is 0 Å². The van der Waals surface area contributed by atoms with E-state index in [2.05, 4.69) is 9.44 Å². The molecular weight excluding hydrogens is 238 g/mol. The summed E-state index contributed by atoms with van der Waals surface area (Å²) in [5, 5.41) is 0. The van der Waals surface area contributed by atoms with Crippen LogP contribution in [0, 0.1) is 0 Å². The Morgan fingerprint density at radius 2 is 1.71 bits per heavy atom. The average Bonchev–Trinajstić information content (AvgIpc) is 2.14. The van der Waals surface area contributed by atoms with Crippen LogP contribution in [0.5, 0.6) is 0 Å². The van der Waals surface area contributed by atoms with Gasteiger partial charge in [-0.15, -0.1) is 0 Å². The summed E-state index contributed by atoms with van der Waals surface area (Å²) in [5.41, 5.74) is 6.42. The summed E-state index contributed by atoms with van der Waals surface area (Å²) in [7, 11) is -3.54. The molecule has 0 atom stereocenters. The smallest absolute Gasteiger partial charge is 0.299 e. The van der Waals surface area contributed by atoms with Crippen molar-refractivity contribution < 1.29 is 8.42 Å². The molecule has 0 aliphatic heterocycles. The summed E-state index contributed by atoms with van der Waals surface area (Å²) >= 11 is 0. The highest BCUT2D eigenvalue weighted by molar-refractivity contribution is 7.90. The highest BCUT2D eigenvalue weighted by Gasteiger charge is 2.19. The largest absolute Gasteiger partial charge is 0.326 e. The van der Waals surface area contributed by atoms with Crippen molar-refractivity contribution in [1.82, 2.24) is 4.72 Å². The monoisotopic (exact) mass is 257 g/mol. The molecule has 0 heterocycles. The van der Waals surface area contributed by atoms with Gasteiger partial charge in [0.1, 0.15) is 0 Å². The van der Waals surface area contributed by atoms with Crippen molar-refractivity contribution in [3.8, 4) is 0 Å². The first-order valence-corrected chi connectivity index (χ1v) is 6.81. The molecular formula is C11H19N3O2S. The molecule has 0 aromatic heterocycles. The van der Waals surface area contributed by atoms with E-state index < -0.39 is 15.7 Å². The summed E-state index contributed by atoms with van der Waals surface area (Å²) in [6, 6.07) is 6.94. The second kappa shape index (κ2) is 5.03. The number of nitrogens with two attached hydrogens (primary N) is 1. The number of benzene rings is 1. The average molecular weight is 257 g/mol. The Labute approximate surface area is 103 Å². The van der Waals surface area contributed by atoms with Crippen molar-refractivity contribution in [2.75, 3.05) is 4.72 Å². The fourth-order valence-corrected chi connectivity index (χ4v) is 2.60. The standard InChI is InChI=1S/C11H19N3O2S/c1-11(2,3)14-17(15,16)13-10-6-4-9(8-12)5-7-10/h4-7,13-14H,8,12H2,1-3H3. The van der Waals surface area contributed by atoms with Gasteiger partial charge in [-0.25, -0.2) is 0 Å². The number of hydrogen-bond acceptors (Lipinski definition) is 3. The van der Waals surface area contributed by atoms with Gasteiger partial charge in [0.15, 0.2) is 0 Å². The third kappa shape index (κ3) is 5.16. The molecule has 5 nitrogen and oxygen atoms in total. The lowest BCUT2D eigenvalue weighted by atomic mass is 10.1. The topological polar surface area (TPSA) is 84.2 Å². The zero-order chi connectivity index (χ0) is 13.1. The molecule has 0 unspecified atom stereocenters. The van der Waals surface area contributed by atoms with Crippen LogP contribution in [-0.2, 0) is 16.8 Å². The van der Waals surface area contributed by atoms with Crippen molar-refractivity contribution in [3.63, 3.8) is 0 Å². The van der Waals surface area contributed by atoms with E-state index in [1.165, 1.54) is 0 Å². The molecule has 0 aliphatic rings. The van der Waals surface area contributed by atoms with E-state index in [9.17, 15) is 8.42 Å². The fourth-order valence-electron chi connectivity index (χ4n) is 1.29. The molecule has 0 radical (unpaired) electrons. The van der Waals surface area contributed by atoms with Crippen molar-refractivity contribution in [3.05, 3.63) is 29.8 Å². The highest BCUT2D eigenvalue weighted by Crippen LogP contribution is 2.11. The number of rotatable bonds is 4. The molecule has 1 aromatic rings. The maximum absolute atomic E-state index is 11.7. The number of anilines is 1. The lowest BCUT2D eigenvalue weighted by molar-refractivity contribution is 0.494. The molecule has 1 rings (SSSR count). The lowest BCUT2D eigenvalue weighted by Crippen LogP contribution is -2.43. The molecule has 0 saturated heterocycles. The quantitative estimate of drug-likeness (QED) is 0.757. The van der Waals surface area contributed by atoms with Gasteiger partial charge in [-0.05, 0) is 38.5 Å². The lowest BCUT2D eigenvalue weighted by Gasteiger charge is -2.20. The van der Waals surface area contributed by atoms with E-state index in [0.29, 0.717) is 12.2 Å². The molecule has 0 amide bonds. The fraction of sp³-hybridized carbons (Fsp3) is 0.455. The van der Waals surface area contributed by atoms with E-state index in [0.717, 1.165) is 5.56 Å². The molecule has 6 heteroatoms. The van der Waals surface area contributed by atoms with Gasteiger partial charge < -0.3 is 5.73 Å². The first-order valence-electron chi connectivity index (χ1n) is 5.32. The Morgan fingerprint density at radius 1 is 1.18 bits per heavy atom. The highest BCUT2D eigenvalue weighted by atomic mass is 32.2. The van der Waals surface area contributed by atoms with Crippen molar-refractivity contribution >= 4 is 15.9 Å².